The third kappa shape index (κ3) is 2.22. The first kappa shape index (κ1) is 12.9. The molecule has 0 radical (unpaired) electrons. The Labute approximate surface area is 117 Å². The zero-order valence-corrected chi connectivity index (χ0v) is 11.8. The molecule has 0 atom stereocenters. The number of hydrogen-bond donors (Lipinski definition) is 1. The molecule has 1 aromatic heterocycles. The van der Waals surface area contributed by atoms with Crippen LogP contribution in [0.2, 0.25) is 0 Å². The van der Waals surface area contributed by atoms with E-state index in [2.05, 4.69) is 5.32 Å². The molecular weight excluding hydrogens is 252 g/mol. The average Bonchev–Trinajstić information content (AvgIpc) is 3.16. The molecule has 3 rings (SSSR count). The highest BCUT2D eigenvalue weighted by molar-refractivity contribution is 6.09. The first-order valence-electron chi connectivity index (χ1n) is 7.05. The monoisotopic (exact) mass is 270 g/mol. The maximum absolute atomic E-state index is 12.1. The molecular formula is C16H18N2O2. The van der Waals surface area contributed by atoms with Crippen molar-refractivity contribution in [2.75, 3.05) is 0 Å². The Morgan fingerprint density at radius 3 is 2.70 bits per heavy atom. The van der Waals surface area contributed by atoms with Crippen molar-refractivity contribution in [3.05, 3.63) is 35.5 Å². The smallest absolute Gasteiger partial charge is 0.251 e. The summed E-state index contributed by atoms with van der Waals surface area (Å²) in [7, 11) is 0. The summed E-state index contributed by atoms with van der Waals surface area (Å²) in [4.78, 5) is 23.8. The lowest BCUT2D eigenvalue weighted by Gasteiger charge is -2.05. The van der Waals surface area contributed by atoms with Crippen molar-refractivity contribution in [1.82, 2.24) is 9.88 Å². The minimum Gasteiger partial charge on any atom is -0.349 e. The minimum absolute atomic E-state index is 0.0296. The van der Waals surface area contributed by atoms with Crippen molar-refractivity contribution in [2.45, 2.75) is 39.3 Å². The molecule has 4 heteroatoms. The van der Waals surface area contributed by atoms with E-state index in [9.17, 15) is 9.59 Å². The van der Waals surface area contributed by atoms with Gasteiger partial charge in [0, 0.05) is 40.8 Å². The van der Waals surface area contributed by atoms with Crippen LogP contribution < -0.4 is 5.32 Å². The zero-order chi connectivity index (χ0) is 14.3. The van der Waals surface area contributed by atoms with Crippen LogP contribution in [0.15, 0.2) is 24.4 Å². The fraction of sp³-hybridized carbons (Fsp3) is 0.375. The molecule has 1 amide bonds. The van der Waals surface area contributed by atoms with Gasteiger partial charge in [-0.25, -0.2) is 0 Å². The molecule has 0 bridgehead atoms. The summed E-state index contributed by atoms with van der Waals surface area (Å²) in [5.74, 6) is -0.0184. The second-order valence-corrected chi connectivity index (χ2v) is 5.36. The van der Waals surface area contributed by atoms with E-state index in [4.69, 9.17) is 0 Å². The van der Waals surface area contributed by atoms with Gasteiger partial charge >= 0.3 is 0 Å². The van der Waals surface area contributed by atoms with E-state index in [1.807, 2.05) is 35.9 Å². The number of aromatic nitrogens is 1. The van der Waals surface area contributed by atoms with Crippen molar-refractivity contribution in [1.29, 1.82) is 0 Å². The molecule has 4 nitrogen and oxygen atoms in total. The molecule has 0 spiro atoms. The van der Waals surface area contributed by atoms with Gasteiger partial charge in [0.25, 0.3) is 5.91 Å². The Hall–Kier alpha value is -2.10. The normalized spacial score (nSPS) is 14.5. The van der Waals surface area contributed by atoms with Gasteiger partial charge < -0.3 is 9.88 Å². The van der Waals surface area contributed by atoms with Gasteiger partial charge in [-0.1, -0.05) is 0 Å². The van der Waals surface area contributed by atoms with Crippen LogP contribution in [0.1, 0.15) is 47.4 Å². The number of carbonyl (C=O) groups excluding carboxylic acids is 2. The molecule has 1 aliphatic carbocycles. The number of Topliss-reactive ketones (excluding diaryl/α,β-unsaturated/α-hetero) is 1. The standard InChI is InChI=1S/C16H18N2O2/c1-3-18-9-14(10(2)19)13-8-11(4-7-15(13)18)16(20)17-12-5-6-12/h4,7-9,12H,3,5-6H2,1-2H3,(H,17,20). The van der Waals surface area contributed by atoms with Crippen molar-refractivity contribution >= 4 is 22.6 Å². The molecule has 1 saturated carbocycles. The Bertz CT molecular complexity index is 696. The van der Waals surface area contributed by atoms with E-state index in [0.29, 0.717) is 17.2 Å². The summed E-state index contributed by atoms with van der Waals surface area (Å²) in [5, 5.41) is 3.84. The Morgan fingerprint density at radius 2 is 2.10 bits per heavy atom. The van der Waals surface area contributed by atoms with Gasteiger partial charge in [-0.3, -0.25) is 9.59 Å². The largest absolute Gasteiger partial charge is 0.349 e. The fourth-order valence-corrected chi connectivity index (χ4v) is 2.48. The van der Waals surface area contributed by atoms with Gasteiger partial charge in [0.15, 0.2) is 5.78 Å². The third-order valence-electron chi connectivity index (χ3n) is 3.78. The van der Waals surface area contributed by atoms with Crippen LogP contribution in [0.25, 0.3) is 10.9 Å². The highest BCUT2D eigenvalue weighted by atomic mass is 16.1. The number of nitrogens with one attached hydrogen (secondary N) is 1. The third-order valence-corrected chi connectivity index (χ3v) is 3.78. The highest BCUT2D eigenvalue weighted by Crippen LogP contribution is 2.24. The molecule has 0 aliphatic heterocycles. The van der Waals surface area contributed by atoms with Gasteiger partial charge in [-0.15, -0.1) is 0 Å². The summed E-state index contributed by atoms with van der Waals surface area (Å²) in [6.45, 7) is 4.40. The quantitative estimate of drug-likeness (QED) is 0.868. The Kier molecular flexibility index (Phi) is 3.08. The van der Waals surface area contributed by atoms with E-state index in [0.717, 1.165) is 30.3 Å². The van der Waals surface area contributed by atoms with E-state index in [1.165, 1.54) is 0 Å². The first-order valence-corrected chi connectivity index (χ1v) is 7.05. The molecule has 20 heavy (non-hydrogen) atoms. The molecule has 2 aromatic rings. The number of fused-ring (bicyclic) bond motifs is 1. The minimum atomic E-state index is -0.0480. The molecule has 1 N–H and O–H groups in total. The summed E-state index contributed by atoms with van der Waals surface area (Å²) in [5.41, 5.74) is 2.31. The maximum atomic E-state index is 12.1. The van der Waals surface area contributed by atoms with Gasteiger partial charge in [0.05, 0.1) is 0 Å². The van der Waals surface area contributed by atoms with Crippen molar-refractivity contribution in [3.63, 3.8) is 0 Å². The van der Waals surface area contributed by atoms with Crippen LogP contribution in [0.3, 0.4) is 0 Å². The van der Waals surface area contributed by atoms with E-state index < -0.39 is 0 Å². The topological polar surface area (TPSA) is 51.1 Å². The molecule has 1 heterocycles. The Morgan fingerprint density at radius 1 is 1.35 bits per heavy atom. The molecule has 104 valence electrons. The number of amides is 1. The Balaban J connectivity index is 2.06. The van der Waals surface area contributed by atoms with Gasteiger partial charge in [-0.2, -0.15) is 0 Å². The molecule has 1 aromatic carbocycles. The summed E-state index contributed by atoms with van der Waals surface area (Å²) >= 11 is 0. The first-order chi connectivity index (χ1) is 9.60. The lowest BCUT2D eigenvalue weighted by Crippen LogP contribution is -2.25. The number of carbonyl (C=O) groups is 2. The molecule has 0 unspecified atom stereocenters. The zero-order valence-electron chi connectivity index (χ0n) is 11.8. The second-order valence-electron chi connectivity index (χ2n) is 5.36. The van der Waals surface area contributed by atoms with Gasteiger partial charge in [0.2, 0.25) is 0 Å². The van der Waals surface area contributed by atoms with Gasteiger partial charge in [-0.05, 0) is 44.9 Å². The molecule has 1 fully saturated rings. The van der Waals surface area contributed by atoms with Crippen LogP contribution in [0.5, 0.6) is 0 Å². The SMILES string of the molecule is CCn1cc(C(C)=O)c2cc(C(=O)NC3CC3)ccc21. The number of ketones is 1. The summed E-state index contributed by atoms with van der Waals surface area (Å²) in [6, 6.07) is 5.92. The van der Waals surface area contributed by atoms with E-state index in [1.54, 1.807) is 6.92 Å². The lowest BCUT2D eigenvalue weighted by molar-refractivity contribution is 0.0949. The lowest BCUT2D eigenvalue weighted by atomic mass is 10.1. The van der Waals surface area contributed by atoms with E-state index in [-0.39, 0.29) is 11.7 Å². The highest BCUT2D eigenvalue weighted by Gasteiger charge is 2.24. The number of hydrogen-bond acceptors (Lipinski definition) is 2. The van der Waals surface area contributed by atoms with Crippen molar-refractivity contribution in [2.24, 2.45) is 0 Å². The van der Waals surface area contributed by atoms with Crippen molar-refractivity contribution in [3.8, 4) is 0 Å². The van der Waals surface area contributed by atoms with Crippen LogP contribution in [-0.2, 0) is 6.54 Å². The van der Waals surface area contributed by atoms with Crippen LogP contribution >= 0.6 is 0 Å². The van der Waals surface area contributed by atoms with E-state index >= 15 is 0 Å². The van der Waals surface area contributed by atoms with Gasteiger partial charge in [0.1, 0.15) is 0 Å². The number of benzene rings is 1. The predicted octanol–water partition coefficient (Wildman–Crippen LogP) is 2.76. The molecule has 1 aliphatic rings. The number of nitrogens with zero attached hydrogens (tertiary/aromatic N) is 1. The van der Waals surface area contributed by atoms with Crippen LogP contribution in [-0.4, -0.2) is 22.3 Å². The van der Waals surface area contributed by atoms with Crippen LogP contribution in [0, 0.1) is 0 Å². The molecule has 0 saturated heterocycles. The van der Waals surface area contributed by atoms with Crippen LogP contribution in [0.4, 0.5) is 0 Å². The average molecular weight is 270 g/mol. The second kappa shape index (κ2) is 4.78. The van der Waals surface area contributed by atoms with Crippen molar-refractivity contribution < 1.29 is 9.59 Å². The summed E-state index contributed by atoms with van der Waals surface area (Å²) in [6.07, 6.45) is 4.01. The number of aryl methyl sites for hydroxylation is 1. The number of rotatable bonds is 4. The summed E-state index contributed by atoms with van der Waals surface area (Å²) < 4.78 is 2.04. The maximum Gasteiger partial charge on any atom is 0.251 e. The predicted molar refractivity (Wildman–Crippen MR) is 78.1 cm³/mol. The fourth-order valence-electron chi connectivity index (χ4n) is 2.48.